The number of nitrogens with one attached hydrogen (secondary N) is 2. The van der Waals surface area contributed by atoms with Crippen LogP contribution in [0.2, 0.25) is 0 Å². The Kier molecular flexibility index (Phi) is 6.51. The number of unbranched alkanes of at least 4 members (excludes halogenated alkanes) is 1. The van der Waals surface area contributed by atoms with E-state index in [2.05, 4.69) is 5.32 Å². The second kappa shape index (κ2) is 6.79. The van der Waals surface area contributed by atoms with Crippen molar-refractivity contribution in [3.8, 4) is 0 Å². The lowest BCUT2D eigenvalue weighted by atomic mass is 10.2. The van der Waals surface area contributed by atoms with Crippen LogP contribution in [0.25, 0.3) is 0 Å². The summed E-state index contributed by atoms with van der Waals surface area (Å²) in [6.45, 7) is 1.98. The Labute approximate surface area is 91.2 Å². The molecule has 0 spiro atoms. The fourth-order valence-corrected chi connectivity index (χ4v) is 2.75. The van der Waals surface area contributed by atoms with Crippen molar-refractivity contribution < 1.29 is 14.1 Å². The van der Waals surface area contributed by atoms with Crippen LogP contribution in [0.3, 0.4) is 0 Å². The van der Waals surface area contributed by atoms with Crippen LogP contribution in [0.4, 0.5) is 0 Å². The molecule has 0 aromatic rings. The monoisotopic (exact) mass is 236 g/mol. The van der Waals surface area contributed by atoms with E-state index in [0.717, 1.165) is 12.8 Å². The highest BCUT2D eigenvalue weighted by atomic mass is 32.2. The van der Waals surface area contributed by atoms with Gasteiger partial charge in [-0.3, -0.25) is 9.57 Å². The van der Waals surface area contributed by atoms with Gasteiger partial charge in [0.2, 0.25) is 0 Å². The van der Waals surface area contributed by atoms with Crippen molar-refractivity contribution in [2.24, 2.45) is 0 Å². The van der Waals surface area contributed by atoms with E-state index in [-0.39, 0.29) is 12.2 Å². The predicted molar refractivity (Wildman–Crippen MR) is 60.6 cm³/mol. The summed E-state index contributed by atoms with van der Waals surface area (Å²) in [7, 11) is -1.03. The topological polar surface area (TPSA) is 90.3 Å². The number of hydrogen-bond donors (Lipinski definition) is 3. The summed E-state index contributed by atoms with van der Waals surface area (Å²) in [6.07, 6.45) is 1.92. The zero-order valence-corrected chi connectivity index (χ0v) is 10.1. The molecule has 0 amide bonds. The highest BCUT2D eigenvalue weighted by molar-refractivity contribution is 7.92. The molecule has 0 aromatic heterocycles. The second-order valence-electron chi connectivity index (χ2n) is 3.54. The zero-order valence-electron chi connectivity index (χ0n) is 9.28. The SMILES string of the molecule is CCCCS(=N)(=O)CC[C@H](NC)C(=O)O. The summed E-state index contributed by atoms with van der Waals surface area (Å²) in [5.74, 6) is -0.423. The first-order valence-electron chi connectivity index (χ1n) is 5.07. The Balaban J connectivity index is 4.07. The number of hydrogen-bond acceptors (Lipinski definition) is 4. The Morgan fingerprint density at radius 1 is 1.53 bits per heavy atom. The lowest BCUT2D eigenvalue weighted by molar-refractivity contribution is -0.139. The Bertz CT molecular complexity index is 288. The van der Waals surface area contributed by atoms with Gasteiger partial charge in [-0.1, -0.05) is 13.3 Å². The largest absolute Gasteiger partial charge is 0.480 e. The fourth-order valence-electron chi connectivity index (χ4n) is 1.18. The van der Waals surface area contributed by atoms with E-state index in [9.17, 15) is 9.00 Å². The van der Waals surface area contributed by atoms with E-state index in [1.54, 1.807) is 7.05 Å². The lowest BCUT2D eigenvalue weighted by Gasteiger charge is -2.12. The molecule has 1 unspecified atom stereocenters. The molecule has 0 aromatic carbocycles. The molecular weight excluding hydrogens is 216 g/mol. The van der Waals surface area contributed by atoms with Gasteiger partial charge in [-0.05, 0) is 19.9 Å². The molecule has 0 aliphatic heterocycles. The molecule has 15 heavy (non-hydrogen) atoms. The second-order valence-corrected chi connectivity index (χ2v) is 5.98. The van der Waals surface area contributed by atoms with Gasteiger partial charge in [-0.15, -0.1) is 0 Å². The average molecular weight is 236 g/mol. The van der Waals surface area contributed by atoms with Crippen LogP contribution in [0.5, 0.6) is 0 Å². The molecule has 0 aliphatic rings. The number of aliphatic carboxylic acids is 1. The first-order valence-corrected chi connectivity index (χ1v) is 6.96. The number of carboxylic acid groups (broad SMARTS) is 1. The fraction of sp³-hybridized carbons (Fsp3) is 0.889. The summed E-state index contributed by atoms with van der Waals surface area (Å²) >= 11 is 0. The minimum atomic E-state index is -2.59. The van der Waals surface area contributed by atoms with Gasteiger partial charge in [0.15, 0.2) is 0 Å². The van der Waals surface area contributed by atoms with E-state index < -0.39 is 21.7 Å². The molecule has 2 atom stereocenters. The predicted octanol–water partition coefficient (Wildman–Crippen LogP) is 0.896. The molecule has 6 heteroatoms. The van der Waals surface area contributed by atoms with Gasteiger partial charge in [0, 0.05) is 21.2 Å². The Hall–Kier alpha value is -0.620. The molecule has 0 saturated carbocycles. The van der Waals surface area contributed by atoms with E-state index in [0.29, 0.717) is 5.75 Å². The molecule has 0 bridgehead atoms. The number of rotatable bonds is 8. The molecule has 0 fully saturated rings. The molecule has 0 radical (unpaired) electrons. The summed E-state index contributed by atoms with van der Waals surface area (Å²) in [4.78, 5) is 10.6. The van der Waals surface area contributed by atoms with Crippen molar-refractivity contribution in [1.29, 1.82) is 4.78 Å². The van der Waals surface area contributed by atoms with Crippen molar-refractivity contribution in [3.05, 3.63) is 0 Å². The van der Waals surface area contributed by atoms with Gasteiger partial charge in [-0.2, -0.15) is 0 Å². The summed E-state index contributed by atoms with van der Waals surface area (Å²) in [6, 6.07) is -0.696. The van der Waals surface area contributed by atoms with Gasteiger partial charge in [0.05, 0.1) is 0 Å². The summed E-state index contributed by atoms with van der Waals surface area (Å²) in [5.41, 5.74) is 0. The third-order valence-electron chi connectivity index (χ3n) is 2.21. The van der Waals surface area contributed by atoms with Crippen molar-refractivity contribution >= 4 is 15.7 Å². The van der Waals surface area contributed by atoms with Crippen molar-refractivity contribution in [2.45, 2.75) is 32.2 Å². The maximum Gasteiger partial charge on any atom is 0.320 e. The van der Waals surface area contributed by atoms with Crippen LogP contribution in [0.15, 0.2) is 0 Å². The van der Waals surface area contributed by atoms with Crippen molar-refractivity contribution in [3.63, 3.8) is 0 Å². The number of carbonyl (C=O) groups is 1. The smallest absolute Gasteiger partial charge is 0.320 e. The van der Waals surface area contributed by atoms with E-state index in [1.807, 2.05) is 6.92 Å². The summed E-state index contributed by atoms with van der Waals surface area (Å²) < 4.78 is 19.2. The summed E-state index contributed by atoms with van der Waals surface area (Å²) in [5, 5.41) is 11.4. The van der Waals surface area contributed by atoms with E-state index >= 15 is 0 Å². The van der Waals surface area contributed by atoms with Gasteiger partial charge in [0.1, 0.15) is 6.04 Å². The molecular formula is C9H20N2O3S. The van der Waals surface area contributed by atoms with E-state index in [1.165, 1.54) is 0 Å². The molecule has 0 saturated heterocycles. The van der Waals surface area contributed by atoms with Gasteiger partial charge in [-0.25, -0.2) is 4.21 Å². The lowest BCUT2D eigenvalue weighted by Crippen LogP contribution is -2.35. The van der Waals surface area contributed by atoms with Crippen LogP contribution in [0.1, 0.15) is 26.2 Å². The van der Waals surface area contributed by atoms with Crippen LogP contribution >= 0.6 is 0 Å². The first-order chi connectivity index (χ1) is 6.93. The molecule has 0 aliphatic carbocycles. The van der Waals surface area contributed by atoms with Crippen LogP contribution in [-0.2, 0) is 14.5 Å². The van der Waals surface area contributed by atoms with Crippen molar-refractivity contribution in [1.82, 2.24) is 5.32 Å². The maximum atomic E-state index is 11.6. The van der Waals surface area contributed by atoms with Gasteiger partial charge < -0.3 is 10.4 Å². The highest BCUT2D eigenvalue weighted by Gasteiger charge is 2.17. The van der Waals surface area contributed by atoms with Gasteiger partial charge >= 0.3 is 5.97 Å². The quantitative estimate of drug-likeness (QED) is 0.584. The number of likely N-dealkylation sites (N-methyl/N-ethyl adjacent to an activating group) is 1. The molecule has 0 heterocycles. The van der Waals surface area contributed by atoms with Crippen LogP contribution in [0, 0.1) is 4.78 Å². The average Bonchev–Trinajstić information content (AvgIpc) is 2.15. The first kappa shape index (κ1) is 14.4. The van der Waals surface area contributed by atoms with E-state index in [4.69, 9.17) is 9.89 Å². The Morgan fingerprint density at radius 2 is 2.13 bits per heavy atom. The third kappa shape index (κ3) is 6.46. The number of carboxylic acids is 1. The minimum Gasteiger partial charge on any atom is -0.480 e. The third-order valence-corrected chi connectivity index (χ3v) is 4.05. The normalized spacial score (nSPS) is 16.9. The van der Waals surface area contributed by atoms with Crippen LogP contribution < -0.4 is 5.32 Å². The molecule has 90 valence electrons. The maximum absolute atomic E-state index is 11.6. The molecule has 3 N–H and O–H groups in total. The Morgan fingerprint density at radius 3 is 2.53 bits per heavy atom. The standard InChI is InChI=1S/C9H20N2O3S/c1-3-4-6-15(10,14)7-5-8(11-2)9(12)13/h8,10-11H,3-7H2,1-2H3,(H,12,13)/t8-,15?/m0/s1. The molecule has 5 nitrogen and oxygen atoms in total. The highest BCUT2D eigenvalue weighted by Crippen LogP contribution is 2.03. The van der Waals surface area contributed by atoms with Gasteiger partial charge in [0.25, 0.3) is 0 Å². The van der Waals surface area contributed by atoms with Crippen molar-refractivity contribution in [2.75, 3.05) is 18.6 Å². The van der Waals surface area contributed by atoms with Crippen LogP contribution in [-0.4, -0.2) is 39.9 Å². The minimum absolute atomic E-state index is 0.158. The zero-order chi connectivity index (χ0) is 11.9. The molecule has 0 rings (SSSR count).